The summed E-state index contributed by atoms with van der Waals surface area (Å²) in [7, 11) is 0. The number of aromatic nitrogens is 2. The summed E-state index contributed by atoms with van der Waals surface area (Å²) >= 11 is 0. The van der Waals surface area contributed by atoms with Gasteiger partial charge >= 0.3 is 0 Å². The van der Waals surface area contributed by atoms with Gasteiger partial charge in [-0.15, -0.1) is 0 Å². The SMILES string of the molecule is CCCNC(CCCC1CCCO1)c1ccnc(C)n1. The molecule has 2 heterocycles. The Hall–Kier alpha value is -1.00. The second-order valence-electron chi connectivity index (χ2n) is 5.60. The third-order valence-electron chi connectivity index (χ3n) is 3.84. The van der Waals surface area contributed by atoms with Crippen LogP contribution in [0.4, 0.5) is 0 Å². The molecule has 1 N–H and O–H groups in total. The number of hydrogen-bond donors (Lipinski definition) is 1. The predicted molar refractivity (Wildman–Crippen MR) is 80.6 cm³/mol. The minimum Gasteiger partial charge on any atom is -0.378 e. The summed E-state index contributed by atoms with van der Waals surface area (Å²) in [4.78, 5) is 8.76. The van der Waals surface area contributed by atoms with Gasteiger partial charge in [0.05, 0.1) is 11.8 Å². The fourth-order valence-corrected chi connectivity index (χ4v) is 2.76. The van der Waals surface area contributed by atoms with Gasteiger partial charge in [0.25, 0.3) is 0 Å². The van der Waals surface area contributed by atoms with E-state index >= 15 is 0 Å². The molecule has 1 aliphatic heterocycles. The first kappa shape index (κ1) is 15.4. The molecule has 0 spiro atoms. The monoisotopic (exact) mass is 277 g/mol. The van der Waals surface area contributed by atoms with Crippen LogP contribution < -0.4 is 5.32 Å². The average molecular weight is 277 g/mol. The summed E-state index contributed by atoms with van der Waals surface area (Å²) in [5.74, 6) is 0.852. The second kappa shape index (κ2) is 8.32. The van der Waals surface area contributed by atoms with Crippen molar-refractivity contribution in [3.63, 3.8) is 0 Å². The van der Waals surface area contributed by atoms with E-state index < -0.39 is 0 Å². The van der Waals surface area contributed by atoms with Crippen LogP contribution in [0.25, 0.3) is 0 Å². The number of aryl methyl sites for hydroxylation is 1. The first-order valence-corrected chi connectivity index (χ1v) is 7.94. The Bertz CT molecular complexity index is 391. The van der Waals surface area contributed by atoms with Crippen molar-refractivity contribution in [2.75, 3.05) is 13.2 Å². The highest BCUT2D eigenvalue weighted by Gasteiger charge is 2.17. The van der Waals surface area contributed by atoms with Crippen LogP contribution in [0.15, 0.2) is 12.3 Å². The fourth-order valence-electron chi connectivity index (χ4n) is 2.76. The first-order valence-electron chi connectivity index (χ1n) is 7.94. The largest absolute Gasteiger partial charge is 0.378 e. The molecule has 0 bridgehead atoms. The van der Waals surface area contributed by atoms with Crippen LogP contribution in [0.2, 0.25) is 0 Å². The molecule has 1 aliphatic rings. The summed E-state index contributed by atoms with van der Waals surface area (Å²) in [5.41, 5.74) is 1.12. The second-order valence-corrected chi connectivity index (χ2v) is 5.60. The highest BCUT2D eigenvalue weighted by Crippen LogP contribution is 2.22. The van der Waals surface area contributed by atoms with E-state index in [1.807, 2.05) is 19.2 Å². The van der Waals surface area contributed by atoms with Gasteiger partial charge in [0.1, 0.15) is 5.82 Å². The van der Waals surface area contributed by atoms with Gasteiger partial charge in [-0.25, -0.2) is 9.97 Å². The lowest BCUT2D eigenvalue weighted by molar-refractivity contribution is 0.101. The molecule has 2 rings (SSSR count). The van der Waals surface area contributed by atoms with Gasteiger partial charge in [0, 0.05) is 18.8 Å². The third kappa shape index (κ3) is 4.84. The summed E-state index contributed by atoms with van der Waals surface area (Å²) in [6.07, 6.45) is 9.45. The summed E-state index contributed by atoms with van der Waals surface area (Å²) < 4.78 is 5.69. The third-order valence-corrected chi connectivity index (χ3v) is 3.84. The molecule has 2 unspecified atom stereocenters. The minimum absolute atomic E-state index is 0.345. The molecule has 0 aliphatic carbocycles. The molecule has 2 atom stereocenters. The zero-order chi connectivity index (χ0) is 14.2. The van der Waals surface area contributed by atoms with Crippen LogP contribution in [-0.4, -0.2) is 29.2 Å². The number of nitrogens with one attached hydrogen (secondary N) is 1. The molecule has 1 aromatic rings. The highest BCUT2D eigenvalue weighted by molar-refractivity contribution is 5.07. The van der Waals surface area contributed by atoms with Crippen molar-refractivity contribution in [3.8, 4) is 0 Å². The molecule has 1 aromatic heterocycles. The molecule has 4 heteroatoms. The lowest BCUT2D eigenvalue weighted by Gasteiger charge is -2.19. The van der Waals surface area contributed by atoms with E-state index in [-0.39, 0.29) is 0 Å². The van der Waals surface area contributed by atoms with Crippen molar-refractivity contribution in [1.82, 2.24) is 15.3 Å². The van der Waals surface area contributed by atoms with E-state index in [4.69, 9.17) is 4.74 Å². The van der Waals surface area contributed by atoms with E-state index in [1.165, 1.54) is 25.7 Å². The zero-order valence-electron chi connectivity index (χ0n) is 12.8. The molecule has 1 saturated heterocycles. The van der Waals surface area contributed by atoms with Crippen LogP contribution >= 0.6 is 0 Å². The van der Waals surface area contributed by atoms with Gasteiger partial charge in [0.15, 0.2) is 0 Å². The lowest BCUT2D eigenvalue weighted by atomic mass is 10.0. The molecule has 0 amide bonds. The van der Waals surface area contributed by atoms with E-state index in [9.17, 15) is 0 Å². The fraction of sp³-hybridized carbons (Fsp3) is 0.750. The standard InChI is InChI=1S/C16H27N3O/c1-3-10-18-15(16-9-11-17-13(2)19-16)8-4-6-14-7-5-12-20-14/h9,11,14-15,18H,3-8,10,12H2,1-2H3. The summed E-state index contributed by atoms with van der Waals surface area (Å²) in [5, 5.41) is 3.61. The van der Waals surface area contributed by atoms with Crippen molar-refractivity contribution < 1.29 is 4.74 Å². The highest BCUT2D eigenvalue weighted by atomic mass is 16.5. The Balaban J connectivity index is 1.85. The van der Waals surface area contributed by atoms with Gasteiger partial charge in [-0.05, 0) is 58.1 Å². The molecule has 0 saturated carbocycles. The van der Waals surface area contributed by atoms with Gasteiger partial charge in [-0.2, -0.15) is 0 Å². The molecule has 4 nitrogen and oxygen atoms in total. The Morgan fingerprint density at radius 2 is 2.40 bits per heavy atom. The van der Waals surface area contributed by atoms with Crippen molar-refractivity contribution in [3.05, 3.63) is 23.8 Å². The van der Waals surface area contributed by atoms with Crippen molar-refractivity contribution >= 4 is 0 Å². The number of rotatable bonds is 8. The molecular formula is C16H27N3O. The Morgan fingerprint density at radius 1 is 1.50 bits per heavy atom. The van der Waals surface area contributed by atoms with Crippen LogP contribution in [0, 0.1) is 6.92 Å². The molecular weight excluding hydrogens is 250 g/mol. The molecule has 0 radical (unpaired) electrons. The Labute approximate surface area is 122 Å². The molecule has 0 aromatic carbocycles. The van der Waals surface area contributed by atoms with Gasteiger partial charge in [-0.1, -0.05) is 6.92 Å². The van der Waals surface area contributed by atoms with Crippen molar-refractivity contribution in [2.45, 2.75) is 64.5 Å². The zero-order valence-corrected chi connectivity index (χ0v) is 12.8. The smallest absolute Gasteiger partial charge is 0.125 e. The first-order chi connectivity index (χ1) is 9.79. The van der Waals surface area contributed by atoms with E-state index in [1.54, 1.807) is 0 Å². The maximum absolute atomic E-state index is 5.69. The van der Waals surface area contributed by atoms with Crippen LogP contribution in [-0.2, 0) is 4.74 Å². The minimum atomic E-state index is 0.345. The topological polar surface area (TPSA) is 47.0 Å². The number of ether oxygens (including phenoxy) is 1. The van der Waals surface area contributed by atoms with Crippen LogP contribution in [0.1, 0.15) is 63.0 Å². The van der Waals surface area contributed by atoms with E-state index in [0.717, 1.165) is 37.5 Å². The summed E-state index contributed by atoms with van der Waals surface area (Å²) in [6, 6.07) is 2.38. The maximum Gasteiger partial charge on any atom is 0.125 e. The van der Waals surface area contributed by atoms with Gasteiger partial charge < -0.3 is 10.1 Å². The predicted octanol–water partition coefficient (Wildman–Crippen LogP) is 3.18. The average Bonchev–Trinajstić information content (AvgIpc) is 2.96. The number of hydrogen-bond acceptors (Lipinski definition) is 4. The quantitative estimate of drug-likeness (QED) is 0.793. The van der Waals surface area contributed by atoms with E-state index in [2.05, 4.69) is 22.2 Å². The van der Waals surface area contributed by atoms with Crippen LogP contribution in [0.3, 0.4) is 0 Å². The Kier molecular flexibility index (Phi) is 6.40. The van der Waals surface area contributed by atoms with Crippen LogP contribution in [0.5, 0.6) is 0 Å². The lowest BCUT2D eigenvalue weighted by Crippen LogP contribution is -2.23. The normalized spacial score (nSPS) is 20.2. The van der Waals surface area contributed by atoms with Crippen molar-refractivity contribution in [1.29, 1.82) is 0 Å². The molecule has 1 fully saturated rings. The summed E-state index contributed by atoms with van der Waals surface area (Å²) in [6.45, 7) is 6.13. The molecule has 112 valence electrons. The number of nitrogens with zero attached hydrogens (tertiary/aromatic N) is 2. The van der Waals surface area contributed by atoms with Gasteiger partial charge in [-0.3, -0.25) is 0 Å². The Morgan fingerprint density at radius 3 is 3.10 bits per heavy atom. The van der Waals surface area contributed by atoms with Crippen molar-refractivity contribution in [2.24, 2.45) is 0 Å². The maximum atomic E-state index is 5.69. The van der Waals surface area contributed by atoms with E-state index in [0.29, 0.717) is 12.1 Å². The van der Waals surface area contributed by atoms with Gasteiger partial charge in [0.2, 0.25) is 0 Å². The molecule has 20 heavy (non-hydrogen) atoms.